The number of rotatable bonds is 7. The molecule has 0 saturated heterocycles. The van der Waals surface area contributed by atoms with Crippen LogP contribution in [-0.2, 0) is 14.3 Å². The minimum atomic E-state index is -0.888. The maximum atomic E-state index is 14.0. The second kappa shape index (κ2) is 9.69. The molecule has 0 aliphatic heterocycles. The number of pyridine rings is 1. The van der Waals surface area contributed by atoms with Crippen molar-refractivity contribution in [2.45, 2.75) is 46.1 Å². The lowest BCUT2D eigenvalue weighted by molar-refractivity contribution is -0.143. The Bertz CT molecular complexity index is 658. The van der Waals surface area contributed by atoms with Crippen molar-refractivity contribution in [3.63, 3.8) is 0 Å². The van der Waals surface area contributed by atoms with E-state index in [1.807, 2.05) is 0 Å². The highest BCUT2D eigenvalue weighted by Crippen LogP contribution is 2.14. The van der Waals surface area contributed by atoms with Gasteiger partial charge < -0.3 is 14.8 Å². The number of halogens is 1. The molecule has 2 N–H and O–H groups in total. The van der Waals surface area contributed by atoms with Gasteiger partial charge in [0.25, 0.3) is 5.91 Å². The van der Waals surface area contributed by atoms with E-state index in [9.17, 15) is 18.8 Å². The number of carbonyl (C=O) groups excluding carboxylic acids is 3. The van der Waals surface area contributed by atoms with Crippen LogP contribution in [0.2, 0.25) is 0 Å². The van der Waals surface area contributed by atoms with Gasteiger partial charge in [0.1, 0.15) is 5.60 Å². The van der Waals surface area contributed by atoms with Gasteiger partial charge in [-0.15, -0.1) is 0 Å². The molecule has 0 atom stereocenters. The standard InChI is InChI=1S/C17H24FN3O5/c1-5-25-13(22)7-6-8-19-15(23)14-12(18)9-11(10-20-14)21-16(24)26-17(2,3)4/h9-10H,5-8H2,1-4H3,(H,19,23)(H,21,24). The second-order valence-electron chi connectivity index (χ2n) is 6.35. The van der Waals surface area contributed by atoms with Crippen LogP contribution in [0.1, 0.15) is 51.0 Å². The summed E-state index contributed by atoms with van der Waals surface area (Å²) >= 11 is 0. The Balaban J connectivity index is 2.54. The summed E-state index contributed by atoms with van der Waals surface area (Å²) in [4.78, 5) is 38.4. The maximum absolute atomic E-state index is 14.0. The molecule has 144 valence electrons. The first-order chi connectivity index (χ1) is 12.1. The van der Waals surface area contributed by atoms with Gasteiger partial charge in [0.05, 0.1) is 18.5 Å². The summed E-state index contributed by atoms with van der Waals surface area (Å²) in [6.07, 6.45) is 0.920. The van der Waals surface area contributed by atoms with Crippen LogP contribution < -0.4 is 10.6 Å². The van der Waals surface area contributed by atoms with Gasteiger partial charge in [0, 0.05) is 19.0 Å². The molecule has 0 radical (unpaired) electrons. The lowest BCUT2D eigenvalue weighted by Crippen LogP contribution is -2.28. The third-order valence-electron chi connectivity index (χ3n) is 2.85. The molecule has 0 bridgehead atoms. The van der Waals surface area contributed by atoms with Crippen molar-refractivity contribution in [1.82, 2.24) is 10.3 Å². The molecule has 0 fully saturated rings. The van der Waals surface area contributed by atoms with Crippen LogP contribution in [0, 0.1) is 5.82 Å². The number of nitrogens with zero attached hydrogens (tertiary/aromatic N) is 1. The summed E-state index contributed by atoms with van der Waals surface area (Å²) in [5, 5.41) is 4.80. The molecule has 1 aromatic heterocycles. The first-order valence-electron chi connectivity index (χ1n) is 8.21. The zero-order chi connectivity index (χ0) is 19.7. The highest BCUT2D eigenvalue weighted by molar-refractivity contribution is 5.93. The van der Waals surface area contributed by atoms with Crippen molar-refractivity contribution in [2.24, 2.45) is 0 Å². The van der Waals surface area contributed by atoms with Crippen molar-refractivity contribution in [3.8, 4) is 0 Å². The molecule has 1 heterocycles. The van der Waals surface area contributed by atoms with Crippen molar-refractivity contribution < 1.29 is 28.2 Å². The number of hydrogen-bond acceptors (Lipinski definition) is 6. The number of aromatic nitrogens is 1. The molecule has 0 saturated carbocycles. The normalized spacial score (nSPS) is 10.8. The van der Waals surface area contributed by atoms with Crippen LogP contribution in [0.4, 0.5) is 14.9 Å². The summed E-state index contributed by atoms with van der Waals surface area (Å²) < 4.78 is 23.8. The van der Waals surface area contributed by atoms with Gasteiger partial charge in [-0.3, -0.25) is 14.9 Å². The SMILES string of the molecule is CCOC(=O)CCCNC(=O)c1ncc(NC(=O)OC(C)(C)C)cc1F. The van der Waals surface area contributed by atoms with Crippen LogP contribution in [-0.4, -0.2) is 41.7 Å². The van der Waals surface area contributed by atoms with Crippen LogP contribution in [0.5, 0.6) is 0 Å². The Labute approximate surface area is 151 Å². The summed E-state index contributed by atoms with van der Waals surface area (Å²) in [5.41, 5.74) is -1.04. The van der Waals surface area contributed by atoms with Gasteiger partial charge in [-0.1, -0.05) is 0 Å². The summed E-state index contributed by atoms with van der Waals surface area (Å²) in [5.74, 6) is -1.96. The molecule has 2 amide bonds. The van der Waals surface area contributed by atoms with Gasteiger partial charge in [0.15, 0.2) is 11.5 Å². The Morgan fingerprint density at radius 1 is 1.27 bits per heavy atom. The molecule has 0 unspecified atom stereocenters. The fourth-order valence-electron chi connectivity index (χ4n) is 1.85. The van der Waals surface area contributed by atoms with E-state index >= 15 is 0 Å². The number of hydrogen-bond donors (Lipinski definition) is 2. The second-order valence-corrected chi connectivity index (χ2v) is 6.35. The molecule has 0 spiro atoms. The third-order valence-corrected chi connectivity index (χ3v) is 2.85. The summed E-state index contributed by atoms with van der Waals surface area (Å²) in [6, 6.07) is 0.977. The molecule has 1 aromatic rings. The van der Waals surface area contributed by atoms with Gasteiger partial charge in [-0.2, -0.15) is 0 Å². The number of carbonyl (C=O) groups is 3. The first-order valence-corrected chi connectivity index (χ1v) is 8.21. The fourth-order valence-corrected chi connectivity index (χ4v) is 1.85. The van der Waals surface area contributed by atoms with E-state index in [0.717, 1.165) is 12.3 Å². The van der Waals surface area contributed by atoms with Crippen LogP contribution in [0.25, 0.3) is 0 Å². The molecule has 0 aliphatic rings. The number of esters is 1. The predicted molar refractivity (Wildman–Crippen MR) is 92.3 cm³/mol. The Morgan fingerprint density at radius 3 is 2.54 bits per heavy atom. The molecule has 26 heavy (non-hydrogen) atoms. The van der Waals surface area contributed by atoms with Gasteiger partial charge in [-0.25, -0.2) is 14.2 Å². The highest BCUT2D eigenvalue weighted by Gasteiger charge is 2.18. The highest BCUT2D eigenvalue weighted by atomic mass is 19.1. The van der Waals surface area contributed by atoms with Crippen molar-refractivity contribution in [3.05, 3.63) is 23.8 Å². The zero-order valence-electron chi connectivity index (χ0n) is 15.3. The number of nitrogens with one attached hydrogen (secondary N) is 2. The maximum Gasteiger partial charge on any atom is 0.412 e. The molecular formula is C17H24FN3O5. The average molecular weight is 369 g/mol. The number of amides is 2. The Morgan fingerprint density at radius 2 is 1.96 bits per heavy atom. The fraction of sp³-hybridized carbons (Fsp3) is 0.529. The molecule has 1 rings (SSSR count). The van der Waals surface area contributed by atoms with Gasteiger partial charge in [0.2, 0.25) is 0 Å². The topological polar surface area (TPSA) is 107 Å². The monoisotopic (exact) mass is 369 g/mol. The lowest BCUT2D eigenvalue weighted by Gasteiger charge is -2.19. The zero-order valence-corrected chi connectivity index (χ0v) is 15.3. The smallest absolute Gasteiger partial charge is 0.412 e. The van der Waals surface area contributed by atoms with Crippen molar-refractivity contribution in [2.75, 3.05) is 18.5 Å². The van der Waals surface area contributed by atoms with E-state index in [2.05, 4.69) is 15.6 Å². The lowest BCUT2D eigenvalue weighted by atomic mass is 10.2. The van der Waals surface area contributed by atoms with Crippen molar-refractivity contribution >= 4 is 23.7 Å². The minimum absolute atomic E-state index is 0.0654. The van der Waals surface area contributed by atoms with Crippen LogP contribution in [0.3, 0.4) is 0 Å². The number of ether oxygens (including phenoxy) is 2. The third kappa shape index (κ3) is 7.91. The summed E-state index contributed by atoms with van der Waals surface area (Å²) in [6.45, 7) is 7.26. The van der Waals surface area contributed by atoms with Gasteiger partial charge in [-0.05, 0) is 34.1 Å². The van der Waals surface area contributed by atoms with Crippen LogP contribution in [0.15, 0.2) is 12.3 Å². The van der Waals surface area contributed by atoms with E-state index in [1.165, 1.54) is 0 Å². The Hall–Kier alpha value is -2.71. The van der Waals surface area contributed by atoms with E-state index in [4.69, 9.17) is 9.47 Å². The molecule has 0 aromatic carbocycles. The molecule has 9 heteroatoms. The first kappa shape index (κ1) is 21.3. The largest absolute Gasteiger partial charge is 0.466 e. The minimum Gasteiger partial charge on any atom is -0.466 e. The predicted octanol–water partition coefficient (Wildman–Crippen LogP) is 2.64. The summed E-state index contributed by atoms with van der Waals surface area (Å²) in [7, 11) is 0. The van der Waals surface area contributed by atoms with E-state index in [1.54, 1.807) is 27.7 Å². The molecular weight excluding hydrogens is 345 g/mol. The van der Waals surface area contributed by atoms with Gasteiger partial charge >= 0.3 is 12.1 Å². The van der Waals surface area contributed by atoms with Crippen molar-refractivity contribution in [1.29, 1.82) is 0 Å². The molecule has 8 nitrogen and oxygen atoms in total. The quantitative estimate of drug-likeness (QED) is 0.565. The Kier molecular flexibility index (Phi) is 7.95. The number of anilines is 1. The average Bonchev–Trinajstić information content (AvgIpc) is 2.49. The van der Waals surface area contributed by atoms with Crippen LogP contribution >= 0.6 is 0 Å². The van der Waals surface area contributed by atoms with E-state index in [0.29, 0.717) is 13.0 Å². The molecule has 0 aliphatic carbocycles. The van der Waals surface area contributed by atoms with E-state index < -0.39 is 29.1 Å². The van der Waals surface area contributed by atoms with E-state index in [-0.39, 0.29) is 24.6 Å².